The minimum Gasteiger partial charge on any atom is -0.369 e. The molecular weight excluding hydrogens is 326 g/mol. The maximum absolute atomic E-state index is 9.41. The van der Waals surface area contributed by atoms with Crippen LogP contribution in [-0.4, -0.2) is 37.1 Å². The van der Waals surface area contributed by atoms with Gasteiger partial charge in [0, 0.05) is 24.5 Å². The first-order valence-corrected chi connectivity index (χ1v) is 9.02. The summed E-state index contributed by atoms with van der Waals surface area (Å²) in [5.74, 6) is 0. The highest BCUT2D eigenvalue weighted by Crippen LogP contribution is 2.28. The van der Waals surface area contributed by atoms with Gasteiger partial charge in [0.2, 0.25) is 0 Å². The Morgan fingerprint density at radius 2 is 2.00 bits per heavy atom. The van der Waals surface area contributed by atoms with E-state index < -0.39 is 0 Å². The second-order valence-corrected chi connectivity index (χ2v) is 6.64. The van der Waals surface area contributed by atoms with Crippen LogP contribution in [0.15, 0.2) is 18.2 Å². The predicted octanol–water partition coefficient (Wildman–Crippen LogP) is 3.52. The van der Waals surface area contributed by atoms with Crippen LogP contribution in [-0.2, 0) is 5.33 Å². The number of nitrogens with zero attached hydrogens (tertiary/aromatic N) is 3. The van der Waals surface area contributed by atoms with Crippen LogP contribution in [0.5, 0.6) is 0 Å². The average Bonchev–Trinajstić information content (AvgIpc) is 3.04. The highest BCUT2D eigenvalue weighted by molar-refractivity contribution is 9.08. The molecule has 2 saturated heterocycles. The summed E-state index contributed by atoms with van der Waals surface area (Å²) in [5.41, 5.74) is 3.09. The highest BCUT2D eigenvalue weighted by atomic mass is 79.9. The van der Waals surface area contributed by atoms with Gasteiger partial charge in [0.1, 0.15) is 6.07 Å². The number of anilines is 1. The largest absolute Gasteiger partial charge is 0.369 e. The number of piperidine rings is 1. The minimum absolute atomic E-state index is 0.674. The Morgan fingerprint density at radius 1 is 1.19 bits per heavy atom. The van der Waals surface area contributed by atoms with Crippen LogP contribution in [0.4, 0.5) is 5.69 Å². The lowest BCUT2D eigenvalue weighted by atomic mass is 10.1. The van der Waals surface area contributed by atoms with Crippen LogP contribution < -0.4 is 4.90 Å². The summed E-state index contributed by atoms with van der Waals surface area (Å²) in [5, 5.41) is 10.2. The molecule has 21 heavy (non-hydrogen) atoms. The first kappa shape index (κ1) is 14.9. The molecule has 0 spiro atoms. The van der Waals surface area contributed by atoms with Crippen molar-refractivity contribution in [3.8, 4) is 6.07 Å². The normalized spacial score (nSPS) is 23.2. The van der Waals surface area contributed by atoms with E-state index in [1.54, 1.807) is 0 Å². The number of hydrogen-bond acceptors (Lipinski definition) is 3. The molecular formula is C17H22BrN3. The molecule has 0 N–H and O–H groups in total. The van der Waals surface area contributed by atoms with Crippen molar-refractivity contribution in [3.63, 3.8) is 0 Å². The first-order valence-electron chi connectivity index (χ1n) is 7.90. The topological polar surface area (TPSA) is 30.3 Å². The zero-order valence-corrected chi connectivity index (χ0v) is 14.0. The molecule has 1 atom stereocenters. The quantitative estimate of drug-likeness (QED) is 0.783. The molecule has 0 saturated carbocycles. The lowest BCUT2D eigenvalue weighted by Gasteiger charge is -2.32. The van der Waals surface area contributed by atoms with Gasteiger partial charge in [0.25, 0.3) is 0 Å². The van der Waals surface area contributed by atoms with Crippen LogP contribution in [0.25, 0.3) is 0 Å². The maximum Gasteiger partial charge on any atom is 0.101 e. The van der Waals surface area contributed by atoms with Crippen molar-refractivity contribution in [2.45, 2.75) is 37.1 Å². The maximum atomic E-state index is 9.41. The lowest BCUT2D eigenvalue weighted by molar-refractivity contribution is 0.175. The van der Waals surface area contributed by atoms with Gasteiger partial charge in [-0.2, -0.15) is 5.26 Å². The standard InChI is InChI=1S/C17H22BrN3/c18-11-14-4-5-17(15(10-14)12-19)21-9-6-16(13-21)20-7-2-1-3-8-20/h4-5,10,16H,1-3,6-9,11,13H2. The Labute approximate surface area is 135 Å². The molecule has 0 bridgehead atoms. The van der Waals surface area contributed by atoms with E-state index in [4.69, 9.17) is 0 Å². The third-order valence-corrected chi connectivity index (χ3v) is 5.39. The number of halogens is 1. The Kier molecular flexibility index (Phi) is 4.82. The number of benzene rings is 1. The van der Waals surface area contributed by atoms with Gasteiger partial charge in [0.05, 0.1) is 11.3 Å². The molecule has 3 rings (SSSR count). The van der Waals surface area contributed by atoms with Gasteiger partial charge >= 0.3 is 0 Å². The molecule has 0 radical (unpaired) electrons. The summed E-state index contributed by atoms with van der Waals surface area (Å²) in [4.78, 5) is 5.05. The van der Waals surface area contributed by atoms with E-state index in [1.807, 2.05) is 6.07 Å². The van der Waals surface area contributed by atoms with Gasteiger partial charge in [-0.25, -0.2) is 0 Å². The summed E-state index contributed by atoms with van der Waals surface area (Å²) in [6, 6.07) is 9.29. The molecule has 2 aliphatic rings. The van der Waals surface area contributed by atoms with Gasteiger partial charge in [-0.1, -0.05) is 28.4 Å². The van der Waals surface area contributed by atoms with E-state index in [0.29, 0.717) is 6.04 Å². The van der Waals surface area contributed by atoms with Crippen LogP contribution in [0.3, 0.4) is 0 Å². The summed E-state index contributed by atoms with van der Waals surface area (Å²) in [7, 11) is 0. The smallest absolute Gasteiger partial charge is 0.101 e. The Morgan fingerprint density at radius 3 is 2.71 bits per heavy atom. The lowest BCUT2D eigenvalue weighted by Crippen LogP contribution is -2.40. The highest BCUT2D eigenvalue weighted by Gasteiger charge is 2.29. The van der Waals surface area contributed by atoms with Crippen molar-refractivity contribution < 1.29 is 0 Å². The van der Waals surface area contributed by atoms with Crippen LogP contribution in [0, 0.1) is 11.3 Å². The number of rotatable bonds is 3. The monoisotopic (exact) mass is 347 g/mol. The molecule has 0 aliphatic carbocycles. The zero-order chi connectivity index (χ0) is 14.7. The average molecular weight is 348 g/mol. The fourth-order valence-corrected chi connectivity index (χ4v) is 3.92. The van der Waals surface area contributed by atoms with Crippen molar-refractivity contribution in [3.05, 3.63) is 29.3 Å². The summed E-state index contributed by atoms with van der Waals surface area (Å²) < 4.78 is 0. The van der Waals surface area contributed by atoms with Crippen molar-refractivity contribution in [1.82, 2.24) is 4.90 Å². The van der Waals surface area contributed by atoms with Crippen molar-refractivity contribution in [2.75, 3.05) is 31.1 Å². The third-order valence-electron chi connectivity index (χ3n) is 4.75. The van der Waals surface area contributed by atoms with E-state index in [1.165, 1.54) is 44.3 Å². The second kappa shape index (κ2) is 6.81. The number of nitriles is 1. The molecule has 112 valence electrons. The predicted molar refractivity (Wildman–Crippen MR) is 89.8 cm³/mol. The van der Waals surface area contributed by atoms with Crippen molar-refractivity contribution in [2.24, 2.45) is 0 Å². The Bertz CT molecular complexity index is 531. The number of hydrogen-bond donors (Lipinski definition) is 0. The summed E-state index contributed by atoms with van der Waals surface area (Å²) in [6.45, 7) is 4.66. The summed E-state index contributed by atoms with van der Waals surface area (Å²) in [6.07, 6.45) is 5.31. The molecule has 0 amide bonds. The molecule has 4 heteroatoms. The number of likely N-dealkylation sites (tertiary alicyclic amines) is 1. The Hall–Kier alpha value is -1.05. The molecule has 2 heterocycles. The fraction of sp³-hybridized carbons (Fsp3) is 0.588. The Balaban J connectivity index is 1.72. The van der Waals surface area contributed by atoms with Gasteiger partial charge in [-0.15, -0.1) is 0 Å². The van der Waals surface area contributed by atoms with Gasteiger partial charge in [0.15, 0.2) is 0 Å². The third kappa shape index (κ3) is 3.25. The van der Waals surface area contributed by atoms with E-state index in [2.05, 4.69) is 43.9 Å². The van der Waals surface area contributed by atoms with Crippen molar-refractivity contribution >= 4 is 21.6 Å². The van der Waals surface area contributed by atoms with Gasteiger partial charge < -0.3 is 4.90 Å². The SMILES string of the molecule is N#Cc1cc(CBr)ccc1N1CCC(N2CCCCC2)C1. The van der Waals surface area contributed by atoms with E-state index in [0.717, 1.165) is 29.7 Å². The van der Waals surface area contributed by atoms with Gasteiger partial charge in [-0.05, 0) is 50.0 Å². The molecule has 2 aliphatic heterocycles. The molecule has 3 nitrogen and oxygen atoms in total. The zero-order valence-electron chi connectivity index (χ0n) is 12.4. The van der Waals surface area contributed by atoms with Crippen LogP contribution in [0.1, 0.15) is 36.8 Å². The van der Waals surface area contributed by atoms with Crippen LogP contribution in [0.2, 0.25) is 0 Å². The van der Waals surface area contributed by atoms with Crippen molar-refractivity contribution in [1.29, 1.82) is 5.26 Å². The first-order chi connectivity index (χ1) is 10.3. The van der Waals surface area contributed by atoms with Gasteiger partial charge in [-0.3, -0.25) is 4.90 Å². The molecule has 0 aromatic heterocycles. The molecule has 1 unspecified atom stereocenters. The second-order valence-electron chi connectivity index (χ2n) is 6.08. The van der Waals surface area contributed by atoms with E-state index >= 15 is 0 Å². The number of alkyl halides is 1. The molecule has 2 fully saturated rings. The van der Waals surface area contributed by atoms with E-state index in [9.17, 15) is 5.26 Å². The van der Waals surface area contributed by atoms with Crippen LogP contribution >= 0.6 is 15.9 Å². The fourth-order valence-electron chi connectivity index (χ4n) is 3.57. The summed E-state index contributed by atoms with van der Waals surface area (Å²) >= 11 is 3.46. The minimum atomic E-state index is 0.674. The molecule has 1 aromatic rings. The van der Waals surface area contributed by atoms with E-state index in [-0.39, 0.29) is 0 Å². The molecule has 1 aromatic carbocycles.